The number of fused-ring (bicyclic) bond motifs is 1. The Bertz CT molecular complexity index is 835. The van der Waals surface area contributed by atoms with E-state index >= 15 is 0 Å². The molecule has 142 valence electrons. The summed E-state index contributed by atoms with van der Waals surface area (Å²) in [6.07, 6.45) is 0.622. The zero-order valence-corrected chi connectivity index (χ0v) is 15.8. The van der Waals surface area contributed by atoms with Crippen molar-refractivity contribution in [2.45, 2.75) is 52.7 Å². The smallest absolute Gasteiger partial charge is 0.329 e. The highest BCUT2D eigenvalue weighted by Gasteiger charge is 2.22. The normalized spacial score (nSPS) is 12.3. The Labute approximate surface area is 152 Å². The second kappa shape index (κ2) is 8.69. The van der Waals surface area contributed by atoms with E-state index in [0.717, 1.165) is 11.0 Å². The number of ether oxygens (including phenoxy) is 1. The summed E-state index contributed by atoms with van der Waals surface area (Å²) in [5.74, 6) is -0.488. The van der Waals surface area contributed by atoms with Crippen LogP contribution in [0.15, 0.2) is 29.1 Å². The molecule has 1 aromatic heterocycles. The number of imidazole rings is 1. The molecule has 7 nitrogen and oxygen atoms in total. The van der Waals surface area contributed by atoms with Crippen molar-refractivity contribution in [1.29, 1.82) is 0 Å². The fourth-order valence-corrected chi connectivity index (χ4v) is 3.10. The van der Waals surface area contributed by atoms with E-state index in [1.54, 1.807) is 9.13 Å². The van der Waals surface area contributed by atoms with Gasteiger partial charge in [-0.3, -0.25) is 13.9 Å². The van der Waals surface area contributed by atoms with Gasteiger partial charge in [0.1, 0.15) is 6.04 Å². The molecule has 0 saturated carbocycles. The second-order valence-electron chi connectivity index (χ2n) is 6.69. The lowest BCUT2D eigenvalue weighted by molar-refractivity contribution is -0.145. The number of carbonyl (C=O) groups excluding carboxylic acids is 2. The van der Waals surface area contributed by atoms with Crippen LogP contribution in [0.2, 0.25) is 0 Å². The van der Waals surface area contributed by atoms with Crippen molar-refractivity contribution in [3.05, 3.63) is 34.7 Å². The topological polar surface area (TPSA) is 82.3 Å². The van der Waals surface area contributed by atoms with Gasteiger partial charge in [-0.2, -0.15) is 0 Å². The quantitative estimate of drug-likeness (QED) is 0.728. The zero-order chi connectivity index (χ0) is 19.3. The molecule has 2 aromatic rings. The van der Waals surface area contributed by atoms with E-state index in [9.17, 15) is 14.4 Å². The number of hydrogen-bond acceptors (Lipinski definition) is 4. The lowest BCUT2D eigenvalue weighted by Crippen LogP contribution is -2.42. The molecule has 0 radical (unpaired) electrons. The maximum Gasteiger partial charge on any atom is 0.329 e. The Morgan fingerprint density at radius 2 is 1.77 bits per heavy atom. The van der Waals surface area contributed by atoms with Crippen LogP contribution in [-0.2, 0) is 27.4 Å². The van der Waals surface area contributed by atoms with Crippen molar-refractivity contribution in [2.24, 2.45) is 5.92 Å². The minimum atomic E-state index is -0.666. The van der Waals surface area contributed by atoms with Gasteiger partial charge in [-0.1, -0.05) is 26.0 Å². The minimum absolute atomic E-state index is 0.114. The second-order valence-corrected chi connectivity index (χ2v) is 6.69. The van der Waals surface area contributed by atoms with Gasteiger partial charge in [0.2, 0.25) is 5.91 Å². The van der Waals surface area contributed by atoms with Crippen LogP contribution in [0.3, 0.4) is 0 Å². The monoisotopic (exact) mass is 361 g/mol. The van der Waals surface area contributed by atoms with E-state index < -0.39 is 12.0 Å². The summed E-state index contributed by atoms with van der Waals surface area (Å²) in [6, 6.07) is 6.86. The molecular formula is C19H27N3O4. The molecule has 1 amide bonds. The van der Waals surface area contributed by atoms with Crippen LogP contribution in [0.5, 0.6) is 0 Å². The van der Waals surface area contributed by atoms with Gasteiger partial charge in [0.25, 0.3) is 0 Å². The molecule has 1 aromatic carbocycles. The number of benzene rings is 1. The van der Waals surface area contributed by atoms with Gasteiger partial charge in [0.15, 0.2) is 0 Å². The number of rotatable bonds is 8. The summed E-state index contributed by atoms with van der Waals surface area (Å²) < 4.78 is 8.05. The van der Waals surface area contributed by atoms with Crippen molar-refractivity contribution < 1.29 is 14.3 Å². The van der Waals surface area contributed by atoms with Gasteiger partial charge in [-0.25, -0.2) is 9.59 Å². The van der Waals surface area contributed by atoms with E-state index in [1.165, 1.54) is 7.11 Å². The summed E-state index contributed by atoms with van der Waals surface area (Å²) in [4.78, 5) is 36.7. The van der Waals surface area contributed by atoms with Crippen LogP contribution in [0, 0.1) is 5.92 Å². The summed E-state index contributed by atoms with van der Waals surface area (Å²) in [7, 11) is 1.31. The molecule has 0 aliphatic heterocycles. The third-order valence-corrected chi connectivity index (χ3v) is 4.33. The van der Waals surface area contributed by atoms with E-state index in [0.29, 0.717) is 13.0 Å². The molecule has 7 heteroatoms. The highest BCUT2D eigenvalue weighted by atomic mass is 16.5. The third-order valence-electron chi connectivity index (χ3n) is 4.33. The standard InChI is InChI=1S/C19H27N3O4/c1-5-21-15-8-6-7-9-16(15)22(19(21)25)11-10-17(23)20-14(12-13(2)3)18(24)26-4/h6-9,13-14H,5,10-12H2,1-4H3,(H,20,23)/t14-/m0/s1. The Morgan fingerprint density at radius 3 is 2.31 bits per heavy atom. The number of aryl methyl sites for hydroxylation is 2. The molecule has 0 saturated heterocycles. The number of nitrogens with one attached hydrogen (secondary N) is 1. The van der Waals surface area contributed by atoms with Crippen LogP contribution in [0.1, 0.15) is 33.6 Å². The predicted molar refractivity (Wildman–Crippen MR) is 99.9 cm³/mol. The molecular weight excluding hydrogens is 334 g/mol. The first-order chi connectivity index (χ1) is 12.4. The van der Waals surface area contributed by atoms with E-state index in [4.69, 9.17) is 4.74 Å². The Morgan fingerprint density at radius 1 is 1.15 bits per heavy atom. The minimum Gasteiger partial charge on any atom is -0.467 e. The van der Waals surface area contributed by atoms with Crippen LogP contribution >= 0.6 is 0 Å². The number of nitrogens with zero attached hydrogens (tertiary/aromatic N) is 2. The lowest BCUT2D eigenvalue weighted by atomic mass is 10.0. The Balaban J connectivity index is 2.12. The van der Waals surface area contributed by atoms with Gasteiger partial charge < -0.3 is 10.1 Å². The van der Waals surface area contributed by atoms with Gasteiger partial charge in [-0.15, -0.1) is 0 Å². The van der Waals surface area contributed by atoms with E-state index in [-0.39, 0.29) is 30.5 Å². The number of methoxy groups -OCH3 is 1. The summed E-state index contributed by atoms with van der Waals surface area (Å²) >= 11 is 0. The van der Waals surface area contributed by atoms with Crippen LogP contribution < -0.4 is 11.0 Å². The highest BCUT2D eigenvalue weighted by Crippen LogP contribution is 2.13. The van der Waals surface area contributed by atoms with Crippen molar-refractivity contribution in [3.63, 3.8) is 0 Å². The number of esters is 1. The fraction of sp³-hybridized carbons (Fsp3) is 0.526. The number of hydrogen-bond donors (Lipinski definition) is 1. The zero-order valence-electron chi connectivity index (χ0n) is 15.8. The number of carbonyl (C=O) groups is 2. The molecule has 1 N–H and O–H groups in total. The van der Waals surface area contributed by atoms with E-state index in [2.05, 4.69) is 5.32 Å². The molecule has 0 bridgehead atoms. The first-order valence-corrected chi connectivity index (χ1v) is 8.94. The van der Waals surface area contributed by atoms with Crippen LogP contribution in [-0.4, -0.2) is 34.2 Å². The average molecular weight is 361 g/mol. The number of amides is 1. The predicted octanol–water partition coefficient (Wildman–Crippen LogP) is 1.92. The molecule has 0 aliphatic rings. The molecule has 1 heterocycles. The van der Waals surface area contributed by atoms with Crippen LogP contribution in [0.4, 0.5) is 0 Å². The first-order valence-electron chi connectivity index (χ1n) is 8.94. The summed E-state index contributed by atoms with van der Waals surface area (Å²) in [5, 5.41) is 2.72. The Kier molecular flexibility index (Phi) is 6.60. The third kappa shape index (κ3) is 4.33. The van der Waals surface area contributed by atoms with Crippen molar-refractivity contribution in [2.75, 3.05) is 7.11 Å². The van der Waals surface area contributed by atoms with Crippen LogP contribution in [0.25, 0.3) is 11.0 Å². The van der Waals surface area contributed by atoms with Gasteiger partial charge in [0, 0.05) is 19.5 Å². The summed E-state index contributed by atoms with van der Waals surface area (Å²) in [6.45, 7) is 6.69. The SMILES string of the molecule is CCn1c(=O)n(CCC(=O)N[C@@H](CC(C)C)C(=O)OC)c2ccccc21. The van der Waals surface area contributed by atoms with Gasteiger partial charge >= 0.3 is 11.7 Å². The number of para-hydroxylation sites is 2. The molecule has 2 rings (SSSR count). The molecule has 0 aliphatic carbocycles. The average Bonchev–Trinajstić information content (AvgIpc) is 2.89. The Hall–Kier alpha value is -2.57. The maximum atomic E-state index is 12.6. The largest absolute Gasteiger partial charge is 0.467 e. The number of aromatic nitrogens is 2. The van der Waals surface area contributed by atoms with Crippen molar-refractivity contribution in [3.8, 4) is 0 Å². The fourth-order valence-electron chi connectivity index (χ4n) is 3.10. The summed E-state index contributed by atoms with van der Waals surface area (Å²) in [5.41, 5.74) is 1.53. The van der Waals surface area contributed by atoms with Gasteiger partial charge in [0.05, 0.1) is 18.1 Å². The first kappa shape index (κ1) is 19.8. The molecule has 0 spiro atoms. The molecule has 0 unspecified atom stereocenters. The molecule has 1 atom stereocenters. The van der Waals surface area contributed by atoms with Gasteiger partial charge in [-0.05, 0) is 31.4 Å². The van der Waals surface area contributed by atoms with E-state index in [1.807, 2.05) is 45.0 Å². The molecule has 0 fully saturated rings. The molecule has 26 heavy (non-hydrogen) atoms. The highest BCUT2D eigenvalue weighted by molar-refractivity contribution is 5.84. The van der Waals surface area contributed by atoms with Crippen molar-refractivity contribution in [1.82, 2.24) is 14.5 Å². The maximum absolute atomic E-state index is 12.6. The van der Waals surface area contributed by atoms with Crippen molar-refractivity contribution >= 4 is 22.9 Å². The lowest BCUT2D eigenvalue weighted by Gasteiger charge is -2.18.